The van der Waals surface area contributed by atoms with Crippen LogP contribution in [-0.4, -0.2) is 28.9 Å². The Labute approximate surface area is 159 Å². The zero-order valence-corrected chi connectivity index (χ0v) is 15.5. The number of benzene rings is 2. The maximum absolute atomic E-state index is 12.1. The summed E-state index contributed by atoms with van der Waals surface area (Å²) in [5, 5.41) is 9.19. The minimum atomic E-state index is -0.858. The molecule has 1 N–H and O–H groups in total. The Balaban J connectivity index is 2.03. The molecule has 5 nitrogen and oxygen atoms in total. The predicted molar refractivity (Wildman–Crippen MR) is 106 cm³/mol. The Morgan fingerprint density at radius 2 is 1.93 bits per heavy atom. The first kappa shape index (κ1) is 17.3. The van der Waals surface area contributed by atoms with Crippen molar-refractivity contribution in [2.24, 2.45) is 0 Å². The number of aromatic nitrogens is 1. The van der Waals surface area contributed by atoms with Crippen LogP contribution < -0.4 is 4.74 Å². The standard InChI is InChI=1S/C21H17NO4S/c1-26-14-8-6-13(7-9-14)20-15(10-11-19(24)25)21-22(17(20)12-23)16-4-2-3-5-18(16)27-21/h2-9,12H,10-11H2,1H3,(H,24,25). The summed E-state index contributed by atoms with van der Waals surface area (Å²) in [5.41, 5.74) is 4.07. The van der Waals surface area contributed by atoms with Crippen molar-refractivity contribution in [2.75, 3.05) is 7.11 Å². The van der Waals surface area contributed by atoms with Gasteiger partial charge in [0.1, 0.15) is 10.6 Å². The first-order valence-electron chi connectivity index (χ1n) is 8.50. The number of nitrogens with zero attached hydrogens (tertiary/aromatic N) is 1. The summed E-state index contributed by atoms with van der Waals surface area (Å²) in [7, 11) is 1.60. The number of carbonyl (C=O) groups excluding carboxylic acids is 1. The average molecular weight is 379 g/mol. The van der Waals surface area contributed by atoms with Gasteiger partial charge in [-0.15, -0.1) is 11.3 Å². The molecule has 0 radical (unpaired) electrons. The molecule has 27 heavy (non-hydrogen) atoms. The van der Waals surface area contributed by atoms with E-state index in [2.05, 4.69) is 0 Å². The highest BCUT2D eigenvalue weighted by Gasteiger charge is 2.23. The number of ether oxygens (including phenoxy) is 1. The highest BCUT2D eigenvalue weighted by atomic mass is 32.1. The number of aryl methyl sites for hydroxylation is 1. The second-order valence-corrected chi connectivity index (χ2v) is 7.22. The smallest absolute Gasteiger partial charge is 0.303 e. The lowest BCUT2D eigenvalue weighted by atomic mass is 9.99. The summed E-state index contributed by atoms with van der Waals surface area (Å²) in [5.74, 6) is -0.131. The molecule has 6 heteroatoms. The highest BCUT2D eigenvalue weighted by Crippen LogP contribution is 2.40. The topological polar surface area (TPSA) is 68.0 Å². The Hall–Kier alpha value is -3.12. The summed E-state index contributed by atoms with van der Waals surface area (Å²) in [6.07, 6.45) is 1.23. The van der Waals surface area contributed by atoms with E-state index < -0.39 is 5.97 Å². The van der Waals surface area contributed by atoms with Crippen molar-refractivity contribution in [1.82, 2.24) is 4.40 Å². The number of para-hydroxylation sites is 1. The van der Waals surface area contributed by atoms with E-state index in [-0.39, 0.29) is 6.42 Å². The number of rotatable bonds is 6. The van der Waals surface area contributed by atoms with Gasteiger partial charge in [0.05, 0.1) is 23.0 Å². The summed E-state index contributed by atoms with van der Waals surface area (Å²) >= 11 is 1.58. The molecule has 2 aromatic carbocycles. The number of hydrogen-bond acceptors (Lipinski definition) is 4. The molecule has 0 amide bonds. The lowest BCUT2D eigenvalue weighted by molar-refractivity contribution is -0.136. The van der Waals surface area contributed by atoms with Crippen molar-refractivity contribution in [3.8, 4) is 16.9 Å². The van der Waals surface area contributed by atoms with Crippen LogP contribution in [0.4, 0.5) is 0 Å². The number of aliphatic carboxylic acids is 1. The molecule has 0 bridgehead atoms. The number of methoxy groups -OCH3 is 1. The van der Waals surface area contributed by atoms with Gasteiger partial charge in [0.2, 0.25) is 0 Å². The second-order valence-electron chi connectivity index (χ2n) is 6.19. The second kappa shape index (κ2) is 6.89. The largest absolute Gasteiger partial charge is 0.497 e. The molecule has 4 rings (SSSR count). The summed E-state index contributed by atoms with van der Waals surface area (Å²) in [4.78, 5) is 24.2. The fourth-order valence-corrected chi connectivity index (χ4v) is 4.69. The maximum atomic E-state index is 12.1. The number of carboxylic acids is 1. The fraction of sp³-hybridized carbons (Fsp3) is 0.143. The van der Waals surface area contributed by atoms with Gasteiger partial charge < -0.3 is 9.84 Å². The molecule has 0 saturated carbocycles. The normalized spacial score (nSPS) is 11.1. The van der Waals surface area contributed by atoms with Crippen LogP contribution in [0.1, 0.15) is 22.5 Å². The fourth-order valence-electron chi connectivity index (χ4n) is 3.45. The van der Waals surface area contributed by atoms with Crippen LogP contribution >= 0.6 is 11.3 Å². The van der Waals surface area contributed by atoms with Gasteiger partial charge in [-0.2, -0.15) is 0 Å². The number of thiazole rings is 1. The molecule has 0 fully saturated rings. The lowest BCUT2D eigenvalue weighted by Crippen LogP contribution is -1.98. The number of hydrogen-bond donors (Lipinski definition) is 1. The minimum Gasteiger partial charge on any atom is -0.497 e. The zero-order valence-electron chi connectivity index (χ0n) is 14.6. The van der Waals surface area contributed by atoms with Gasteiger partial charge in [0, 0.05) is 12.0 Å². The molecule has 0 aliphatic rings. The Morgan fingerprint density at radius 1 is 1.19 bits per heavy atom. The molecule has 0 atom stereocenters. The van der Waals surface area contributed by atoms with Crippen molar-refractivity contribution < 1.29 is 19.4 Å². The third-order valence-corrected chi connectivity index (χ3v) is 5.84. The molecule has 2 aromatic heterocycles. The van der Waals surface area contributed by atoms with Crippen molar-refractivity contribution in [1.29, 1.82) is 0 Å². The van der Waals surface area contributed by atoms with Crippen molar-refractivity contribution in [2.45, 2.75) is 12.8 Å². The lowest BCUT2D eigenvalue weighted by Gasteiger charge is -2.07. The molecule has 0 aliphatic heterocycles. The van der Waals surface area contributed by atoms with Crippen LogP contribution in [0.5, 0.6) is 5.75 Å². The zero-order chi connectivity index (χ0) is 19.0. The Bertz CT molecular complexity index is 1150. The van der Waals surface area contributed by atoms with Crippen LogP contribution in [0.15, 0.2) is 48.5 Å². The van der Waals surface area contributed by atoms with Crippen molar-refractivity contribution >= 4 is 38.6 Å². The number of carbonyl (C=O) groups is 2. The van der Waals surface area contributed by atoms with Crippen LogP contribution in [0.25, 0.3) is 26.2 Å². The van der Waals surface area contributed by atoms with Crippen LogP contribution in [0.2, 0.25) is 0 Å². The molecule has 4 aromatic rings. The quantitative estimate of drug-likeness (QED) is 0.495. The molecular weight excluding hydrogens is 362 g/mol. The molecule has 0 spiro atoms. The third-order valence-electron chi connectivity index (χ3n) is 4.65. The van der Waals surface area contributed by atoms with Crippen LogP contribution in [-0.2, 0) is 11.2 Å². The van der Waals surface area contributed by atoms with Crippen LogP contribution in [0.3, 0.4) is 0 Å². The summed E-state index contributed by atoms with van der Waals surface area (Å²) in [6, 6.07) is 15.4. The van der Waals surface area contributed by atoms with Gasteiger partial charge in [0.15, 0.2) is 6.29 Å². The van der Waals surface area contributed by atoms with E-state index in [1.165, 1.54) is 0 Å². The van der Waals surface area contributed by atoms with Gasteiger partial charge in [0.25, 0.3) is 0 Å². The molecule has 136 valence electrons. The Kier molecular flexibility index (Phi) is 4.41. The van der Waals surface area contributed by atoms with Gasteiger partial charge in [-0.1, -0.05) is 24.3 Å². The first-order chi connectivity index (χ1) is 13.1. The van der Waals surface area contributed by atoms with Gasteiger partial charge in [-0.05, 0) is 41.8 Å². The number of carboxylic acid groups (broad SMARTS) is 1. The number of aldehydes is 1. The average Bonchev–Trinajstić information content (AvgIpc) is 3.20. The highest BCUT2D eigenvalue weighted by molar-refractivity contribution is 7.24. The SMILES string of the molecule is COc1ccc(-c2c(CCC(=O)O)c3sc4ccccc4n3c2C=O)cc1. The third kappa shape index (κ3) is 2.88. The predicted octanol–water partition coefficient (Wildman–Crippen LogP) is 4.66. The van der Waals surface area contributed by atoms with Crippen LogP contribution in [0, 0.1) is 0 Å². The van der Waals surface area contributed by atoms with E-state index in [1.807, 2.05) is 52.9 Å². The minimum absolute atomic E-state index is 0.00930. The van der Waals surface area contributed by atoms with E-state index in [0.29, 0.717) is 12.1 Å². The monoisotopic (exact) mass is 379 g/mol. The van der Waals surface area contributed by atoms with E-state index in [4.69, 9.17) is 4.74 Å². The molecule has 0 aliphatic carbocycles. The first-order valence-corrected chi connectivity index (χ1v) is 9.32. The molecule has 0 unspecified atom stereocenters. The summed E-state index contributed by atoms with van der Waals surface area (Å²) in [6.45, 7) is 0. The van der Waals surface area contributed by atoms with Crippen molar-refractivity contribution in [3.63, 3.8) is 0 Å². The summed E-state index contributed by atoms with van der Waals surface area (Å²) < 4.78 is 8.23. The van der Waals surface area contributed by atoms with Crippen molar-refractivity contribution in [3.05, 3.63) is 59.8 Å². The number of fused-ring (bicyclic) bond motifs is 3. The molecule has 0 saturated heterocycles. The van der Waals surface area contributed by atoms with E-state index in [9.17, 15) is 14.7 Å². The molecular formula is C21H17NO4S. The molecule has 2 heterocycles. The maximum Gasteiger partial charge on any atom is 0.303 e. The van der Waals surface area contributed by atoms with Gasteiger partial charge >= 0.3 is 5.97 Å². The van der Waals surface area contributed by atoms with Gasteiger partial charge in [-0.25, -0.2) is 0 Å². The van der Waals surface area contributed by atoms with E-state index >= 15 is 0 Å². The van der Waals surface area contributed by atoms with Gasteiger partial charge in [-0.3, -0.25) is 14.0 Å². The van der Waals surface area contributed by atoms with E-state index in [0.717, 1.165) is 43.8 Å². The Morgan fingerprint density at radius 3 is 2.59 bits per heavy atom. The van der Waals surface area contributed by atoms with E-state index in [1.54, 1.807) is 18.4 Å².